The fourth-order valence-corrected chi connectivity index (χ4v) is 4.79. The monoisotopic (exact) mass is 915 g/mol. The van der Waals surface area contributed by atoms with Crippen molar-refractivity contribution in [2.24, 2.45) is 0 Å². The molecule has 0 atom stereocenters. The molecule has 0 saturated carbocycles. The molecule has 0 heterocycles. The van der Waals surface area contributed by atoms with Crippen molar-refractivity contribution in [1.29, 1.82) is 0 Å². The molecule has 0 bridgehead atoms. The zero-order valence-corrected chi connectivity index (χ0v) is 26.6. The van der Waals surface area contributed by atoms with E-state index in [2.05, 4.69) is 0 Å². The van der Waals surface area contributed by atoms with Crippen molar-refractivity contribution in [1.82, 2.24) is 0 Å². The van der Waals surface area contributed by atoms with Crippen LogP contribution in [0.25, 0.3) is 0 Å². The maximum Gasteiger partial charge on any atom is 3.00 e. The number of benzene rings is 3. The third-order valence-electron chi connectivity index (χ3n) is 4.86. The van der Waals surface area contributed by atoms with Crippen LogP contribution in [0.4, 0.5) is 34.1 Å². The van der Waals surface area contributed by atoms with Crippen molar-refractivity contribution >= 4 is 64.5 Å². The van der Waals surface area contributed by atoms with Crippen molar-refractivity contribution in [2.75, 3.05) is 0 Å². The summed E-state index contributed by atoms with van der Waals surface area (Å²) in [6.07, 6.45) is 0. The van der Waals surface area contributed by atoms with Crippen LogP contribution in [0.15, 0.2) is 69.3 Å². The minimum Gasteiger partial charge on any atom is -0.744 e. The van der Waals surface area contributed by atoms with Gasteiger partial charge in [-0.25, -0.2) is 25.3 Å². The number of hydrogen-bond acceptors (Lipinski definition) is 21. The molecule has 1 radical (unpaired) electrons. The zero-order chi connectivity index (χ0) is 37.5. The van der Waals surface area contributed by atoms with Gasteiger partial charge >= 0.3 is 46.9 Å². The van der Waals surface area contributed by atoms with Crippen LogP contribution in [0, 0.1) is 108 Å². The van der Waals surface area contributed by atoms with Crippen molar-refractivity contribution in [3.8, 4) is 0 Å². The topological polar surface area (TPSA) is 430 Å². The van der Waals surface area contributed by atoms with Crippen LogP contribution in [0.5, 0.6) is 0 Å². The largest absolute Gasteiger partial charge is 3.00 e. The molecule has 0 aliphatic heterocycles. The molecule has 3 rings (SSSR count). The first kappa shape index (κ1) is 44.3. The minimum absolute atomic E-state index is 0. The Morgan fingerprint density at radius 1 is 0.367 bits per heavy atom. The molecule has 0 spiro atoms. The second kappa shape index (κ2) is 17.1. The van der Waals surface area contributed by atoms with Gasteiger partial charge in [-0.15, -0.1) is 0 Å². The molecule has 0 aromatic heterocycles. The summed E-state index contributed by atoms with van der Waals surface area (Å²) in [6.45, 7) is 0. The molecule has 0 unspecified atom stereocenters. The molecule has 49 heavy (non-hydrogen) atoms. The molecule has 0 aliphatic carbocycles. The molecule has 0 fully saturated rings. The van der Waals surface area contributed by atoms with Gasteiger partial charge in [-0.2, -0.15) is 0 Å². The summed E-state index contributed by atoms with van der Waals surface area (Å²) in [7, 11) is -15.1. The predicted molar refractivity (Wildman–Crippen MR) is 143 cm³/mol. The van der Waals surface area contributed by atoms with Crippen LogP contribution in [0.1, 0.15) is 0 Å². The van der Waals surface area contributed by atoms with Crippen LogP contribution in [-0.4, -0.2) is 68.5 Å². The molecular formula is C18H9N6O21S3Yb. The molecule has 0 amide bonds. The van der Waals surface area contributed by atoms with Crippen LogP contribution in [-0.2, 0) is 30.4 Å². The van der Waals surface area contributed by atoms with Crippen LogP contribution >= 0.6 is 0 Å². The second-order valence-corrected chi connectivity index (χ2v) is 11.9. The summed E-state index contributed by atoms with van der Waals surface area (Å²) in [5, 5.41) is 62.1. The Morgan fingerprint density at radius 2 is 0.551 bits per heavy atom. The quantitative estimate of drug-likeness (QED) is 0.165. The Bertz CT molecular complexity index is 1950. The molecular weight excluding hydrogens is 905 g/mol. The summed E-state index contributed by atoms with van der Waals surface area (Å²) in [5.41, 5.74) is -5.32. The van der Waals surface area contributed by atoms with Gasteiger partial charge in [0, 0.05) is 18.2 Å². The number of rotatable bonds is 9. The van der Waals surface area contributed by atoms with Gasteiger partial charge in [0.25, 0.3) is 34.1 Å². The molecule has 0 saturated heterocycles. The number of nitro groups is 6. The average Bonchev–Trinajstić information content (AvgIpc) is 2.95. The molecule has 31 heteroatoms. The van der Waals surface area contributed by atoms with E-state index in [0.29, 0.717) is 54.6 Å². The fraction of sp³-hybridized carbons (Fsp3) is 0. The van der Waals surface area contributed by atoms with Gasteiger partial charge in [-0.05, 0) is 18.2 Å². The van der Waals surface area contributed by atoms with E-state index in [1.54, 1.807) is 0 Å². The Hall–Kier alpha value is -4.69. The first-order valence-electron chi connectivity index (χ1n) is 10.9. The van der Waals surface area contributed by atoms with E-state index in [1.165, 1.54) is 0 Å². The molecule has 269 valence electrons. The van der Waals surface area contributed by atoms with Gasteiger partial charge in [0.15, 0.2) is 0 Å². The van der Waals surface area contributed by atoms with E-state index in [0.717, 1.165) is 0 Å². The summed E-state index contributed by atoms with van der Waals surface area (Å²) in [6, 6.07) is 5.00. The average molecular weight is 915 g/mol. The summed E-state index contributed by atoms with van der Waals surface area (Å²) >= 11 is 0. The Morgan fingerprint density at radius 3 is 0.673 bits per heavy atom. The Kier molecular flexibility index (Phi) is 15.5. The number of nitrogens with zero attached hydrogens (tertiary/aromatic N) is 6. The van der Waals surface area contributed by atoms with Crippen molar-refractivity contribution in [3.63, 3.8) is 0 Å². The van der Waals surface area contributed by atoms with Crippen molar-refractivity contribution < 1.29 is 115 Å². The van der Waals surface area contributed by atoms with E-state index >= 15 is 0 Å². The second-order valence-electron chi connectivity index (χ2n) is 7.86. The summed E-state index contributed by atoms with van der Waals surface area (Å²) in [4.78, 5) is 52.5. The van der Waals surface area contributed by atoms with Gasteiger partial charge in [-0.1, -0.05) is 0 Å². The Balaban J connectivity index is 0.000000698. The van der Waals surface area contributed by atoms with E-state index in [1.807, 2.05) is 0 Å². The molecule has 27 nitrogen and oxygen atoms in total. The van der Waals surface area contributed by atoms with Gasteiger partial charge < -0.3 is 13.7 Å². The van der Waals surface area contributed by atoms with E-state index in [4.69, 9.17) is 0 Å². The zero-order valence-electron chi connectivity index (χ0n) is 22.4. The standard InChI is InChI=1S/3C6H4N2O7S.Yb/c3*9-7(10)4-1-2-6(16(13,14)15)5(3-4)8(11)12;/h3*1-3H,(H,13,14,15);/q;;;+3/p-3. The minimum atomic E-state index is -5.04. The first-order valence-corrected chi connectivity index (χ1v) is 15.1. The number of nitro benzene ring substituents is 6. The number of non-ortho nitro benzene ring substituents is 3. The molecule has 3 aromatic carbocycles. The van der Waals surface area contributed by atoms with E-state index in [9.17, 15) is 99.6 Å². The van der Waals surface area contributed by atoms with Gasteiger partial charge in [0.2, 0.25) is 0 Å². The van der Waals surface area contributed by atoms with Crippen LogP contribution in [0.3, 0.4) is 0 Å². The van der Waals surface area contributed by atoms with Crippen molar-refractivity contribution in [2.45, 2.75) is 14.7 Å². The van der Waals surface area contributed by atoms with Gasteiger partial charge in [-0.3, -0.25) is 60.7 Å². The van der Waals surface area contributed by atoms with Gasteiger partial charge in [0.05, 0.1) is 47.7 Å². The summed E-state index contributed by atoms with van der Waals surface area (Å²) < 4.78 is 95.5. The molecule has 3 aromatic rings. The summed E-state index contributed by atoms with van der Waals surface area (Å²) in [5.74, 6) is 0. The van der Waals surface area contributed by atoms with E-state index < -0.39 is 109 Å². The number of hydrogen-bond donors (Lipinski definition) is 0. The normalized spacial score (nSPS) is 10.8. The van der Waals surface area contributed by atoms with Gasteiger partial charge in [0.1, 0.15) is 45.0 Å². The maximum absolute atomic E-state index is 10.6. The SMILES string of the molecule is O=[N+]([O-])c1ccc(S(=O)(=O)[O-])c([N+](=O)[O-])c1.O=[N+]([O-])c1ccc(S(=O)(=O)[O-])c([N+](=O)[O-])c1.O=[N+]([O-])c1ccc(S(=O)(=O)[O-])c([N+](=O)[O-])c1.[Yb+3]. The van der Waals surface area contributed by atoms with Crippen molar-refractivity contribution in [3.05, 3.63) is 115 Å². The molecule has 0 aliphatic rings. The third-order valence-corrected chi connectivity index (χ3v) is 7.51. The Labute approximate surface area is 307 Å². The smallest absolute Gasteiger partial charge is 0.744 e. The first-order chi connectivity index (χ1) is 21.7. The molecule has 0 N–H and O–H groups in total. The van der Waals surface area contributed by atoms with Crippen LogP contribution < -0.4 is 0 Å². The maximum atomic E-state index is 10.6. The predicted octanol–water partition coefficient (Wildman–Crippen LogP) is 1.22. The van der Waals surface area contributed by atoms with E-state index in [-0.39, 0.29) is 46.9 Å². The van der Waals surface area contributed by atoms with Crippen LogP contribution in [0.2, 0.25) is 0 Å². The third kappa shape index (κ3) is 12.7. The fourth-order valence-electron chi connectivity index (χ4n) is 2.92.